The van der Waals surface area contributed by atoms with Gasteiger partial charge in [0.05, 0.1) is 17.6 Å². The van der Waals surface area contributed by atoms with E-state index in [1.807, 2.05) is 13.0 Å². The molecule has 2 aliphatic rings. The van der Waals surface area contributed by atoms with Crippen molar-refractivity contribution in [2.24, 2.45) is 5.92 Å². The summed E-state index contributed by atoms with van der Waals surface area (Å²) in [4.78, 5) is 10.3. The average molecular weight is 222 g/mol. The van der Waals surface area contributed by atoms with Crippen LogP contribution in [-0.2, 0) is 0 Å². The topological polar surface area (TPSA) is 75.4 Å². The van der Waals surface area contributed by atoms with Crippen LogP contribution in [0.25, 0.3) is 0 Å². The predicted octanol–water partition coefficient (Wildman–Crippen LogP) is 0.961. The smallest absolute Gasteiger partial charge is 0.265 e. The zero-order valence-corrected chi connectivity index (χ0v) is 9.01. The third kappa shape index (κ3) is 1.86. The van der Waals surface area contributed by atoms with Crippen LogP contribution in [0.5, 0.6) is 0 Å². The molecule has 5 heteroatoms. The van der Waals surface area contributed by atoms with E-state index in [0.29, 0.717) is 6.42 Å². The number of nitrogens with zero attached hydrogens (tertiary/aromatic N) is 1. The Morgan fingerprint density at radius 2 is 2.44 bits per heavy atom. The largest absolute Gasteiger partial charge is 0.396 e. The van der Waals surface area contributed by atoms with E-state index in [0.717, 1.165) is 11.3 Å². The molecule has 2 rings (SSSR count). The summed E-state index contributed by atoms with van der Waals surface area (Å²) >= 11 is 0. The zero-order chi connectivity index (χ0) is 11.7. The number of aliphatic hydroxyl groups excluding tert-OH is 1. The number of nitro groups is 1. The van der Waals surface area contributed by atoms with Crippen molar-refractivity contribution in [1.82, 2.24) is 5.32 Å². The summed E-state index contributed by atoms with van der Waals surface area (Å²) in [6, 6.07) is 0.132. The van der Waals surface area contributed by atoms with Crippen molar-refractivity contribution in [3.63, 3.8) is 0 Å². The summed E-state index contributed by atoms with van der Waals surface area (Å²) in [6.45, 7) is 1.99. The Kier molecular flexibility index (Phi) is 2.78. The number of aliphatic hydroxyl groups is 1. The molecule has 1 aliphatic heterocycles. The van der Waals surface area contributed by atoms with Crippen LogP contribution in [0, 0.1) is 16.0 Å². The van der Waals surface area contributed by atoms with Crippen LogP contribution < -0.4 is 5.32 Å². The van der Waals surface area contributed by atoms with Crippen LogP contribution in [0.2, 0.25) is 0 Å². The molecule has 2 atom stereocenters. The second-order valence-electron chi connectivity index (χ2n) is 4.15. The van der Waals surface area contributed by atoms with E-state index in [1.165, 1.54) is 0 Å². The van der Waals surface area contributed by atoms with Gasteiger partial charge in [-0.3, -0.25) is 10.1 Å². The Morgan fingerprint density at radius 3 is 3.06 bits per heavy atom. The second kappa shape index (κ2) is 4.09. The lowest BCUT2D eigenvalue weighted by atomic mass is 9.99. The van der Waals surface area contributed by atoms with Crippen molar-refractivity contribution in [1.29, 1.82) is 0 Å². The highest BCUT2D eigenvalue weighted by atomic mass is 16.6. The van der Waals surface area contributed by atoms with Crippen LogP contribution >= 0.6 is 0 Å². The first-order valence-corrected chi connectivity index (χ1v) is 5.27. The van der Waals surface area contributed by atoms with Gasteiger partial charge in [0.2, 0.25) is 0 Å². The molecule has 0 fully saturated rings. The highest BCUT2D eigenvalue weighted by Gasteiger charge is 2.28. The predicted molar refractivity (Wildman–Crippen MR) is 59.0 cm³/mol. The van der Waals surface area contributed by atoms with Gasteiger partial charge >= 0.3 is 0 Å². The van der Waals surface area contributed by atoms with E-state index >= 15 is 0 Å². The molecule has 16 heavy (non-hydrogen) atoms. The van der Waals surface area contributed by atoms with Gasteiger partial charge in [-0.05, 0) is 24.1 Å². The molecule has 1 aliphatic carbocycles. The SMILES string of the molecule is CC(CO)C1=CC2=CC([N+](=O)[O-])=CCC2N1. The molecular weight excluding hydrogens is 208 g/mol. The third-order valence-corrected chi connectivity index (χ3v) is 2.96. The molecule has 0 aromatic heterocycles. The van der Waals surface area contributed by atoms with Gasteiger partial charge in [0.15, 0.2) is 0 Å². The van der Waals surface area contributed by atoms with Crippen molar-refractivity contribution in [2.75, 3.05) is 6.61 Å². The van der Waals surface area contributed by atoms with Crippen molar-refractivity contribution in [2.45, 2.75) is 19.4 Å². The quantitative estimate of drug-likeness (QED) is 0.551. The Morgan fingerprint density at radius 1 is 1.69 bits per heavy atom. The highest BCUT2D eigenvalue weighted by molar-refractivity contribution is 5.42. The number of hydrogen-bond acceptors (Lipinski definition) is 4. The van der Waals surface area contributed by atoms with Crippen molar-refractivity contribution >= 4 is 0 Å². The third-order valence-electron chi connectivity index (χ3n) is 2.96. The van der Waals surface area contributed by atoms with Gasteiger partial charge in [-0.1, -0.05) is 6.92 Å². The molecule has 5 nitrogen and oxygen atoms in total. The first kappa shape index (κ1) is 10.9. The van der Waals surface area contributed by atoms with Gasteiger partial charge in [0.25, 0.3) is 5.70 Å². The maximum atomic E-state index is 10.6. The van der Waals surface area contributed by atoms with Crippen LogP contribution in [-0.4, -0.2) is 22.7 Å². The zero-order valence-electron chi connectivity index (χ0n) is 9.01. The Hall–Kier alpha value is -1.62. The molecule has 0 spiro atoms. The molecule has 0 bridgehead atoms. The molecule has 86 valence electrons. The van der Waals surface area contributed by atoms with E-state index in [4.69, 9.17) is 5.11 Å². The number of nitrogens with one attached hydrogen (secondary N) is 1. The minimum atomic E-state index is -0.371. The van der Waals surface area contributed by atoms with Gasteiger partial charge in [-0.2, -0.15) is 0 Å². The maximum absolute atomic E-state index is 10.6. The number of allylic oxidation sites excluding steroid dienone is 1. The standard InChI is InChI=1S/C11H14N2O3/c1-7(6-14)11-5-8-4-9(13(15)16)2-3-10(8)12-11/h2,4-5,7,10,12,14H,3,6H2,1H3. The van der Waals surface area contributed by atoms with E-state index in [9.17, 15) is 10.1 Å². The van der Waals surface area contributed by atoms with Gasteiger partial charge in [-0.15, -0.1) is 0 Å². The molecule has 0 saturated heterocycles. The molecule has 2 N–H and O–H groups in total. The number of fused-ring (bicyclic) bond motifs is 1. The van der Waals surface area contributed by atoms with E-state index in [2.05, 4.69) is 5.32 Å². The van der Waals surface area contributed by atoms with E-state index in [1.54, 1.807) is 12.2 Å². The lowest BCUT2D eigenvalue weighted by Gasteiger charge is -2.17. The van der Waals surface area contributed by atoms with Gasteiger partial charge < -0.3 is 10.4 Å². The van der Waals surface area contributed by atoms with Gasteiger partial charge in [-0.25, -0.2) is 0 Å². The normalized spacial score (nSPS) is 24.9. The summed E-state index contributed by atoms with van der Waals surface area (Å²) < 4.78 is 0. The van der Waals surface area contributed by atoms with Gasteiger partial charge in [0, 0.05) is 17.7 Å². The minimum absolute atomic E-state index is 0.0468. The Bertz CT molecular complexity index is 409. The highest BCUT2D eigenvalue weighted by Crippen LogP contribution is 2.28. The second-order valence-corrected chi connectivity index (χ2v) is 4.15. The lowest BCUT2D eigenvalue weighted by molar-refractivity contribution is -0.419. The molecule has 0 amide bonds. The fraction of sp³-hybridized carbons (Fsp3) is 0.455. The average Bonchev–Trinajstić information content (AvgIpc) is 2.70. The lowest BCUT2D eigenvalue weighted by Crippen LogP contribution is -2.28. The fourth-order valence-corrected chi connectivity index (χ4v) is 1.92. The Labute approximate surface area is 93.3 Å². The van der Waals surface area contributed by atoms with Crippen molar-refractivity contribution < 1.29 is 10.0 Å². The number of hydrogen-bond donors (Lipinski definition) is 2. The fourth-order valence-electron chi connectivity index (χ4n) is 1.92. The Balaban J connectivity index is 2.20. The van der Waals surface area contributed by atoms with E-state index < -0.39 is 0 Å². The molecule has 0 radical (unpaired) electrons. The van der Waals surface area contributed by atoms with Crippen LogP contribution in [0.15, 0.2) is 35.2 Å². The monoisotopic (exact) mass is 222 g/mol. The van der Waals surface area contributed by atoms with Crippen LogP contribution in [0.1, 0.15) is 13.3 Å². The van der Waals surface area contributed by atoms with Crippen LogP contribution in [0.3, 0.4) is 0 Å². The molecule has 1 heterocycles. The minimum Gasteiger partial charge on any atom is -0.396 e. The van der Waals surface area contributed by atoms with Gasteiger partial charge in [0.1, 0.15) is 0 Å². The molecule has 0 aromatic rings. The molecular formula is C11H14N2O3. The molecule has 0 saturated carbocycles. The number of rotatable bonds is 3. The summed E-state index contributed by atoms with van der Waals surface area (Å²) in [7, 11) is 0. The molecule has 2 unspecified atom stereocenters. The summed E-state index contributed by atoms with van der Waals surface area (Å²) in [5, 5.41) is 22.9. The summed E-state index contributed by atoms with van der Waals surface area (Å²) in [5.74, 6) is 0.0468. The summed E-state index contributed by atoms with van der Waals surface area (Å²) in [5.41, 5.74) is 2.04. The van der Waals surface area contributed by atoms with E-state index in [-0.39, 0.29) is 29.2 Å². The van der Waals surface area contributed by atoms with Crippen LogP contribution in [0.4, 0.5) is 0 Å². The first-order valence-electron chi connectivity index (χ1n) is 5.27. The summed E-state index contributed by atoms with van der Waals surface area (Å²) in [6.07, 6.45) is 5.75. The first-order chi connectivity index (χ1) is 7.61. The van der Waals surface area contributed by atoms with Crippen molar-refractivity contribution in [3.8, 4) is 0 Å². The maximum Gasteiger partial charge on any atom is 0.265 e. The molecule has 0 aromatic carbocycles. The van der Waals surface area contributed by atoms with Crippen molar-refractivity contribution in [3.05, 3.63) is 45.3 Å².